The van der Waals surface area contributed by atoms with Crippen molar-refractivity contribution in [2.24, 2.45) is 0 Å². The Balaban J connectivity index is 1.31. The quantitative estimate of drug-likeness (QED) is 0.369. The number of nitrogens with one attached hydrogen (secondary N) is 1. The number of nitrogens with zero attached hydrogens (tertiary/aromatic N) is 3. The summed E-state index contributed by atoms with van der Waals surface area (Å²) in [6.45, 7) is 2.66. The van der Waals surface area contributed by atoms with Gasteiger partial charge in [0.1, 0.15) is 35.6 Å². The average Bonchev–Trinajstić information content (AvgIpc) is 3.35. The minimum Gasteiger partial charge on any atom is -0.383 e. The molecule has 9 nitrogen and oxygen atoms in total. The molecule has 0 bridgehead atoms. The van der Waals surface area contributed by atoms with Gasteiger partial charge in [-0.25, -0.2) is 9.97 Å². The van der Waals surface area contributed by atoms with Crippen molar-refractivity contribution < 1.29 is 24.1 Å². The molecule has 194 valence electrons. The van der Waals surface area contributed by atoms with E-state index >= 15 is 0 Å². The highest BCUT2D eigenvalue weighted by molar-refractivity contribution is 6.11. The molecule has 2 aromatic heterocycles. The summed E-state index contributed by atoms with van der Waals surface area (Å²) in [4.78, 5) is 20.8. The first-order valence-electron chi connectivity index (χ1n) is 12.5. The van der Waals surface area contributed by atoms with Gasteiger partial charge in [-0.15, -0.1) is 0 Å². The molecule has 2 N–H and O–H groups in total. The van der Waals surface area contributed by atoms with Gasteiger partial charge in [-0.1, -0.05) is 60.7 Å². The zero-order valence-electron chi connectivity index (χ0n) is 20.9. The molecule has 2 aliphatic rings. The van der Waals surface area contributed by atoms with Crippen molar-refractivity contribution in [2.75, 3.05) is 11.9 Å². The number of carbonyl (C=O) groups excluding carboxylic acids is 1. The molecule has 0 radical (unpaired) electrons. The summed E-state index contributed by atoms with van der Waals surface area (Å²) in [6.07, 6.45) is 4.30. The van der Waals surface area contributed by atoms with Gasteiger partial charge < -0.3 is 29.2 Å². The van der Waals surface area contributed by atoms with Crippen molar-refractivity contribution in [1.29, 1.82) is 0 Å². The topological polar surface area (TPSA) is 108 Å². The third kappa shape index (κ3) is 4.61. The number of aliphatic hydroxyl groups is 1. The summed E-state index contributed by atoms with van der Waals surface area (Å²) in [6, 6.07) is 19.7. The monoisotopic (exact) mass is 512 g/mol. The Morgan fingerprint density at radius 1 is 1.03 bits per heavy atom. The Hall–Kier alpha value is -3.89. The molecule has 9 heteroatoms. The van der Waals surface area contributed by atoms with Crippen LogP contribution in [0.25, 0.3) is 17.1 Å². The summed E-state index contributed by atoms with van der Waals surface area (Å²) < 4.78 is 20.6. The van der Waals surface area contributed by atoms with E-state index in [9.17, 15) is 9.90 Å². The smallest absolute Gasteiger partial charge is 0.249 e. The molecule has 4 atom stereocenters. The van der Waals surface area contributed by atoms with Crippen LogP contribution in [-0.2, 0) is 32.2 Å². The highest BCUT2D eigenvalue weighted by Crippen LogP contribution is 2.43. The Kier molecular flexibility index (Phi) is 6.50. The Bertz CT molecular complexity index is 1470. The third-order valence-electron chi connectivity index (χ3n) is 6.93. The molecule has 4 heterocycles. The average molecular weight is 513 g/mol. The minimum absolute atomic E-state index is 0.225. The van der Waals surface area contributed by atoms with Crippen LogP contribution in [-0.4, -0.2) is 50.0 Å². The van der Waals surface area contributed by atoms with Crippen molar-refractivity contribution in [3.63, 3.8) is 0 Å². The van der Waals surface area contributed by atoms with Crippen LogP contribution in [0.3, 0.4) is 0 Å². The maximum Gasteiger partial charge on any atom is 0.249 e. The molecule has 1 fully saturated rings. The molecular weight excluding hydrogens is 484 g/mol. The fourth-order valence-corrected chi connectivity index (χ4v) is 5.11. The maximum absolute atomic E-state index is 12.1. The van der Waals surface area contributed by atoms with Crippen LogP contribution in [0.5, 0.6) is 0 Å². The van der Waals surface area contributed by atoms with Gasteiger partial charge >= 0.3 is 0 Å². The van der Waals surface area contributed by atoms with Gasteiger partial charge in [0.2, 0.25) is 5.91 Å². The molecule has 0 aliphatic carbocycles. The molecule has 38 heavy (non-hydrogen) atoms. The van der Waals surface area contributed by atoms with Crippen LogP contribution >= 0.6 is 0 Å². The zero-order chi connectivity index (χ0) is 26.1. The minimum atomic E-state index is -1.43. The fraction of sp³-hybridized carbons (Fsp3) is 0.276. The lowest BCUT2D eigenvalue weighted by molar-refractivity contribution is -0.114. The van der Waals surface area contributed by atoms with Crippen LogP contribution in [0.4, 0.5) is 5.82 Å². The molecule has 2 aromatic carbocycles. The van der Waals surface area contributed by atoms with Crippen LogP contribution in [0, 0.1) is 0 Å². The van der Waals surface area contributed by atoms with Crippen molar-refractivity contribution in [3.05, 3.63) is 96.0 Å². The van der Waals surface area contributed by atoms with E-state index in [1.54, 1.807) is 17.6 Å². The second-order valence-electron chi connectivity index (χ2n) is 9.71. The van der Waals surface area contributed by atoms with Gasteiger partial charge in [-0.2, -0.15) is 0 Å². The molecule has 1 unspecified atom stereocenters. The molecule has 4 aromatic rings. The van der Waals surface area contributed by atoms with Gasteiger partial charge in [0.05, 0.1) is 25.2 Å². The molecule has 6 rings (SSSR count). The van der Waals surface area contributed by atoms with Crippen molar-refractivity contribution in [3.8, 4) is 0 Å². The van der Waals surface area contributed by atoms with Crippen molar-refractivity contribution >= 4 is 28.8 Å². The van der Waals surface area contributed by atoms with E-state index < -0.39 is 24.0 Å². The summed E-state index contributed by atoms with van der Waals surface area (Å²) in [5.41, 5.74) is 1.89. The van der Waals surface area contributed by atoms with Crippen molar-refractivity contribution in [2.45, 2.75) is 44.2 Å². The molecular formula is C29H28N4O5. The van der Waals surface area contributed by atoms with Gasteiger partial charge in [0.15, 0.2) is 6.23 Å². The van der Waals surface area contributed by atoms with Gasteiger partial charge in [0.25, 0.3) is 0 Å². The van der Waals surface area contributed by atoms with E-state index in [-0.39, 0.29) is 12.5 Å². The van der Waals surface area contributed by atoms with E-state index in [0.717, 1.165) is 16.7 Å². The predicted octanol–water partition coefficient (Wildman–Crippen LogP) is 3.85. The first-order chi connectivity index (χ1) is 18.5. The lowest BCUT2D eigenvalue weighted by Crippen LogP contribution is -2.46. The summed E-state index contributed by atoms with van der Waals surface area (Å²) in [7, 11) is 0. The normalized spacial score (nSPS) is 24.5. The second-order valence-corrected chi connectivity index (χ2v) is 9.71. The molecule has 0 saturated carbocycles. The Morgan fingerprint density at radius 3 is 2.47 bits per heavy atom. The lowest BCUT2D eigenvalue weighted by Gasteiger charge is -2.30. The van der Waals surface area contributed by atoms with E-state index in [1.165, 1.54) is 12.4 Å². The number of carbonyl (C=O) groups is 1. The summed E-state index contributed by atoms with van der Waals surface area (Å²) in [5.74, 6) is 0.151. The fourth-order valence-electron chi connectivity index (χ4n) is 5.11. The van der Waals surface area contributed by atoms with E-state index in [0.29, 0.717) is 30.1 Å². The zero-order valence-corrected chi connectivity index (χ0v) is 20.9. The van der Waals surface area contributed by atoms with E-state index in [1.807, 2.05) is 66.9 Å². The summed E-state index contributed by atoms with van der Waals surface area (Å²) in [5, 5.41) is 15.4. The van der Waals surface area contributed by atoms with Crippen molar-refractivity contribution in [1.82, 2.24) is 14.5 Å². The number of ether oxygens (including phenoxy) is 3. The molecule has 0 spiro atoms. The Labute approximate surface area is 219 Å². The maximum atomic E-state index is 12.1. The number of hydrogen-bond donors (Lipinski definition) is 2. The molecule has 2 aliphatic heterocycles. The third-order valence-corrected chi connectivity index (χ3v) is 6.93. The highest BCUT2D eigenvalue weighted by Gasteiger charge is 2.55. The largest absolute Gasteiger partial charge is 0.383 e. The van der Waals surface area contributed by atoms with Crippen LogP contribution < -0.4 is 5.32 Å². The number of anilines is 1. The first kappa shape index (κ1) is 24.4. The van der Waals surface area contributed by atoms with E-state index in [4.69, 9.17) is 14.2 Å². The number of rotatable bonds is 8. The predicted molar refractivity (Wildman–Crippen MR) is 141 cm³/mol. The standard InChI is InChI=1S/C29H28N4O5/c1-29(35)25(37-16-20-10-6-3-7-11-20)22(17-36-15-19-8-4-2-5-9-19)38-28(29)33-14-21-12-13-23(34)32-26-24(21)27(33)31-18-30-26/h2-14,18,22,25,28,35H,15-17H2,1H3,(H,30,31,32,34)/t22-,25-,28?,29-/m1/s1. The SMILES string of the molecule is C[C@]1(O)C(n2cc3c4c(ncnc42)NC(=O)C=C3)O[C@H](COCc2ccccc2)[C@H]1OCc1ccccc1. The second kappa shape index (κ2) is 10.1. The molecule has 1 saturated heterocycles. The summed E-state index contributed by atoms with van der Waals surface area (Å²) >= 11 is 0. The number of hydrogen-bond acceptors (Lipinski definition) is 7. The van der Waals surface area contributed by atoms with Gasteiger partial charge in [0, 0.05) is 17.8 Å². The van der Waals surface area contributed by atoms with Gasteiger partial charge in [-0.3, -0.25) is 4.79 Å². The van der Waals surface area contributed by atoms with Crippen LogP contribution in [0.2, 0.25) is 0 Å². The highest BCUT2D eigenvalue weighted by atomic mass is 16.6. The Morgan fingerprint density at radius 2 is 1.74 bits per heavy atom. The molecule has 1 amide bonds. The lowest BCUT2D eigenvalue weighted by atomic mass is 9.96. The van der Waals surface area contributed by atoms with Crippen LogP contribution in [0.1, 0.15) is 29.8 Å². The van der Waals surface area contributed by atoms with Gasteiger partial charge in [-0.05, 0) is 24.1 Å². The number of amides is 1. The number of aromatic nitrogens is 3. The number of benzene rings is 2. The first-order valence-corrected chi connectivity index (χ1v) is 12.5. The van der Waals surface area contributed by atoms with Crippen LogP contribution in [0.15, 0.2) is 79.3 Å². The van der Waals surface area contributed by atoms with E-state index in [2.05, 4.69) is 15.3 Å².